The smallest absolute Gasteiger partial charge is 0.256 e. The molecular weight excluding hydrogens is 395 g/mol. The maximum Gasteiger partial charge on any atom is 0.256 e. The molecule has 0 saturated carbocycles. The zero-order chi connectivity index (χ0) is 21.7. The van der Waals surface area contributed by atoms with Gasteiger partial charge in [-0.05, 0) is 55.7 Å². The van der Waals surface area contributed by atoms with Gasteiger partial charge in [-0.3, -0.25) is 9.78 Å². The lowest BCUT2D eigenvalue weighted by molar-refractivity contribution is 0.0940. The first-order valence-electron chi connectivity index (χ1n) is 11.0. The Hall–Kier alpha value is -3.03. The largest absolute Gasteiger partial charge is 0.349 e. The van der Waals surface area contributed by atoms with Gasteiger partial charge in [0.05, 0.1) is 18.4 Å². The maximum atomic E-state index is 14.4. The minimum Gasteiger partial charge on any atom is -0.349 e. The number of carbonyl (C=O) groups is 1. The Morgan fingerprint density at radius 2 is 2.10 bits per heavy atom. The van der Waals surface area contributed by atoms with E-state index in [9.17, 15) is 9.18 Å². The SMILES string of the molecule is CC(C)[C@H]1CCN2c3ccn4ncc(c4n3)C(=O)N[C@H](C)CCc3ncc(F)cc3[C@@H]12. The molecule has 1 N–H and O–H groups in total. The van der Waals surface area contributed by atoms with Gasteiger partial charge in [-0.15, -0.1) is 0 Å². The minimum atomic E-state index is -0.319. The number of hydrogen-bond donors (Lipinski definition) is 1. The van der Waals surface area contributed by atoms with Crippen molar-refractivity contribution in [3.8, 4) is 0 Å². The van der Waals surface area contributed by atoms with Gasteiger partial charge in [0.25, 0.3) is 5.91 Å². The van der Waals surface area contributed by atoms with Gasteiger partial charge in [0.2, 0.25) is 0 Å². The van der Waals surface area contributed by atoms with Crippen molar-refractivity contribution in [3.63, 3.8) is 0 Å². The number of carbonyl (C=O) groups excluding carboxylic acids is 1. The van der Waals surface area contributed by atoms with E-state index in [0.29, 0.717) is 35.9 Å². The zero-order valence-electron chi connectivity index (χ0n) is 18.0. The number of hydrogen-bond acceptors (Lipinski definition) is 5. The molecule has 2 aliphatic rings. The standard InChI is InChI=1S/C23H27FN6O/c1-13(2)16-6-8-29-20-7-9-30-22(28-20)18(12-26-30)23(31)27-14(3)4-5-19-17(21(16)29)10-15(24)11-25-19/h7,9-14,16,21H,4-6,8H2,1-3H3,(H,27,31)/t14-,16-,21-/m1/s1. The molecule has 0 spiro atoms. The number of anilines is 1. The van der Waals surface area contributed by atoms with Gasteiger partial charge >= 0.3 is 0 Å². The summed E-state index contributed by atoms with van der Waals surface area (Å²) in [6.07, 6.45) is 7.08. The van der Waals surface area contributed by atoms with Gasteiger partial charge in [-0.25, -0.2) is 13.9 Å². The normalized spacial score (nSPS) is 23.8. The van der Waals surface area contributed by atoms with Crippen LogP contribution in [0.2, 0.25) is 0 Å². The number of nitrogens with one attached hydrogen (secondary N) is 1. The number of amides is 1. The molecule has 3 aromatic rings. The Morgan fingerprint density at radius 1 is 1.26 bits per heavy atom. The predicted molar refractivity (Wildman–Crippen MR) is 115 cm³/mol. The van der Waals surface area contributed by atoms with Crippen LogP contribution in [-0.4, -0.2) is 38.1 Å². The monoisotopic (exact) mass is 422 g/mol. The minimum absolute atomic E-state index is 0.0146. The number of nitrogens with zero attached hydrogens (tertiary/aromatic N) is 5. The number of rotatable bonds is 1. The second kappa shape index (κ2) is 7.59. The summed E-state index contributed by atoms with van der Waals surface area (Å²) < 4.78 is 16.0. The van der Waals surface area contributed by atoms with Crippen LogP contribution in [0.15, 0.2) is 30.7 Å². The first-order valence-corrected chi connectivity index (χ1v) is 11.0. The molecule has 1 saturated heterocycles. The van der Waals surface area contributed by atoms with E-state index in [4.69, 9.17) is 4.98 Å². The van der Waals surface area contributed by atoms with E-state index in [1.165, 1.54) is 6.20 Å². The van der Waals surface area contributed by atoms with Crippen molar-refractivity contribution >= 4 is 17.4 Å². The van der Waals surface area contributed by atoms with Crippen LogP contribution < -0.4 is 10.2 Å². The van der Waals surface area contributed by atoms with Gasteiger partial charge < -0.3 is 10.2 Å². The van der Waals surface area contributed by atoms with Crippen LogP contribution in [0.5, 0.6) is 0 Å². The quantitative estimate of drug-likeness (QED) is 0.649. The van der Waals surface area contributed by atoms with E-state index >= 15 is 0 Å². The van der Waals surface area contributed by atoms with E-state index in [1.807, 2.05) is 19.2 Å². The average molecular weight is 423 g/mol. The number of aromatic nitrogens is 4. The summed E-state index contributed by atoms with van der Waals surface area (Å²) in [5.41, 5.74) is 2.83. The number of fused-ring (bicyclic) bond motifs is 5. The summed E-state index contributed by atoms with van der Waals surface area (Å²) in [5.74, 6) is 1.06. The van der Waals surface area contributed by atoms with Crippen molar-refractivity contribution in [1.29, 1.82) is 0 Å². The van der Waals surface area contributed by atoms with Crippen LogP contribution in [0, 0.1) is 17.7 Å². The van der Waals surface area contributed by atoms with Gasteiger partial charge in [0, 0.05) is 24.5 Å². The molecule has 31 heavy (non-hydrogen) atoms. The summed E-state index contributed by atoms with van der Waals surface area (Å²) in [5, 5.41) is 7.34. The van der Waals surface area contributed by atoms with Gasteiger partial charge in [0.15, 0.2) is 5.65 Å². The molecule has 5 heterocycles. The van der Waals surface area contributed by atoms with Crippen LogP contribution in [0.1, 0.15) is 61.3 Å². The van der Waals surface area contributed by atoms with E-state index in [0.717, 1.165) is 30.0 Å². The average Bonchev–Trinajstić information content (AvgIpc) is 3.36. The molecule has 162 valence electrons. The maximum absolute atomic E-state index is 14.4. The topological polar surface area (TPSA) is 75.4 Å². The highest BCUT2D eigenvalue weighted by Crippen LogP contribution is 2.44. The van der Waals surface area contributed by atoms with Crippen LogP contribution in [0.3, 0.4) is 0 Å². The number of pyridine rings is 1. The first kappa shape index (κ1) is 19.9. The van der Waals surface area contributed by atoms with E-state index in [-0.39, 0.29) is 23.8 Å². The summed E-state index contributed by atoms with van der Waals surface area (Å²) >= 11 is 0. The summed E-state index contributed by atoms with van der Waals surface area (Å²) in [6, 6.07) is 3.49. The number of aryl methyl sites for hydroxylation is 1. The van der Waals surface area contributed by atoms with E-state index in [2.05, 4.69) is 34.1 Å². The molecule has 0 unspecified atom stereocenters. The lowest BCUT2D eigenvalue weighted by Crippen LogP contribution is -2.33. The van der Waals surface area contributed by atoms with Crippen molar-refractivity contribution in [1.82, 2.24) is 24.9 Å². The molecule has 0 aliphatic carbocycles. The lowest BCUT2D eigenvalue weighted by Gasteiger charge is -2.32. The van der Waals surface area contributed by atoms with Crippen LogP contribution in [0.25, 0.3) is 5.65 Å². The second-order valence-corrected chi connectivity index (χ2v) is 9.05. The molecule has 2 bridgehead atoms. The fourth-order valence-electron chi connectivity index (χ4n) is 5.02. The molecule has 8 heteroatoms. The molecule has 1 amide bonds. The highest BCUT2D eigenvalue weighted by Gasteiger charge is 2.39. The molecule has 3 atom stereocenters. The van der Waals surface area contributed by atoms with Crippen LogP contribution >= 0.6 is 0 Å². The van der Waals surface area contributed by atoms with Gasteiger partial charge in [-0.1, -0.05) is 13.8 Å². The molecule has 1 fully saturated rings. The predicted octanol–water partition coefficient (Wildman–Crippen LogP) is 3.55. The Balaban J connectivity index is 1.72. The van der Waals surface area contributed by atoms with Crippen molar-refractivity contribution < 1.29 is 9.18 Å². The van der Waals surface area contributed by atoms with Crippen molar-refractivity contribution in [3.05, 3.63) is 53.4 Å². The third-order valence-electron chi connectivity index (χ3n) is 6.67. The molecule has 5 rings (SSSR count). The summed E-state index contributed by atoms with van der Waals surface area (Å²) in [7, 11) is 0. The van der Waals surface area contributed by atoms with Crippen molar-refractivity contribution in [2.75, 3.05) is 11.4 Å². The fourth-order valence-corrected chi connectivity index (χ4v) is 5.02. The lowest BCUT2D eigenvalue weighted by atomic mass is 9.83. The number of halogens is 1. The van der Waals surface area contributed by atoms with Crippen LogP contribution in [-0.2, 0) is 6.42 Å². The Bertz CT molecular complexity index is 1140. The van der Waals surface area contributed by atoms with Gasteiger partial charge in [-0.2, -0.15) is 5.10 Å². The first-order chi connectivity index (χ1) is 14.9. The van der Waals surface area contributed by atoms with E-state index < -0.39 is 0 Å². The third-order valence-corrected chi connectivity index (χ3v) is 6.67. The third kappa shape index (κ3) is 3.43. The Morgan fingerprint density at radius 3 is 2.90 bits per heavy atom. The van der Waals surface area contributed by atoms with Crippen molar-refractivity contribution in [2.24, 2.45) is 11.8 Å². The summed E-state index contributed by atoms with van der Waals surface area (Å²) in [6.45, 7) is 7.24. The molecule has 3 aromatic heterocycles. The molecule has 7 nitrogen and oxygen atoms in total. The highest BCUT2D eigenvalue weighted by molar-refractivity contribution is 5.99. The Kier molecular flexibility index (Phi) is 4.87. The van der Waals surface area contributed by atoms with Crippen molar-refractivity contribution in [2.45, 2.75) is 52.1 Å². The summed E-state index contributed by atoms with van der Waals surface area (Å²) in [4.78, 5) is 24.5. The van der Waals surface area contributed by atoms with Crippen LogP contribution in [0.4, 0.5) is 10.2 Å². The Labute approximate surface area is 180 Å². The molecule has 0 aromatic carbocycles. The second-order valence-electron chi connectivity index (χ2n) is 9.05. The molecule has 2 aliphatic heterocycles. The zero-order valence-corrected chi connectivity index (χ0v) is 18.0. The molecular formula is C23H27FN6O. The van der Waals surface area contributed by atoms with Gasteiger partial charge in [0.1, 0.15) is 17.2 Å². The fraction of sp³-hybridized carbons (Fsp3) is 0.478. The highest BCUT2D eigenvalue weighted by atomic mass is 19.1. The van der Waals surface area contributed by atoms with E-state index in [1.54, 1.807) is 16.8 Å². The molecule has 0 radical (unpaired) electrons.